The zero-order valence-corrected chi connectivity index (χ0v) is 84.3. The van der Waals surface area contributed by atoms with E-state index in [4.69, 9.17) is 9.47 Å². The van der Waals surface area contributed by atoms with Crippen LogP contribution in [0.15, 0.2) is 114 Å². The third-order valence-corrected chi connectivity index (χ3v) is 33.5. The predicted molar refractivity (Wildman–Crippen MR) is 531 cm³/mol. The van der Waals surface area contributed by atoms with Crippen LogP contribution in [0.2, 0.25) is 0 Å². The number of likely N-dealkylation sites (tertiary alicyclic amines) is 3. The molecule has 3 saturated carbocycles. The number of alkyl carbamates (subject to hydrolysis) is 1. The van der Waals surface area contributed by atoms with Crippen LogP contribution in [-0.4, -0.2) is 239 Å². The van der Waals surface area contributed by atoms with Crippen LogP contribution in [0.4, 0.5) is 4.79 Å². The quantitative estimate of drug-likeness (QED) is 0.0129. The van der Waals surface area contributed by atoms with Gasteiger partial charge in [-0.1, -0.05) is 180 Å². The van der Waals surface area contributed by atoms with Crippen molar-refractivity contribution in [2.24, 2.45) is 64.1 Å². The molecule has 5 aliphatic heterocycles. The molecule has 23 atom stereocenters. The summed E-state index contributed by atoms with van der Waals surface area (Å²) >= 11 is 0. The number of allylic oxidation sites excluding steroid dienone is 3. The number of quaternary nitrogens is 1. The zero-order valence-electron chi connectivity index (χ0n) is 82.7. The Hall–Kier alpha value is -9.99. The SMILES string of the molecule is CC(C)CCCC(C)C1CCC2C3CC=C4CC(OC(=O)CNC(=O)C(NC(=O)C5CSSCC(NC(=O)C(Cc6ccc7ccccc7c6)NC(=O)C6CCCN6C(=O)C6CCCN6C(=O)C6CCC[NH+](C)C6)C(=O)NC(Cc6ccc(O)cc6)C(=O)NC(CC6=CNC7C=CC=CC67)C(=O)NC(CCCCNC(=O)OC(C)(C)C)C(=O)NC(C(C)C)C(=O)N5)C(C)O)CCC4(C)C3CCC12C. The first-order valence-electron chi connectivity index (χ1n) is 50.8. The number of carbonyl (C=O) groups excluding carboxylic acids is 13. The molecule has 7 fully saturated rings. The van der Waals surface area contributed by atoms with E-state index in [2.05, 4.69) is 106 Å². The molecular weight excluding hydrogens is 1790 g/mol. The molecule has 0 radical (unpaired) electrons. The number of rotatable bonds is 30. The van der Waals surface area contributed by atoms with Crippen molar-refractivity contribution in [3.05, 3.63) is 126 Å². The highest BCUT2D eigenvalue weighted by atomic mass is 33.1. The number of amides is 12. The number of nitrogens with one attached hydrogen (secondary N) is 12. The minimum Gasteiger partial charge on any atom is -0.508 e. The Labute approximate surface area is 821 Å². The summed E-state index contributed by atoms with van der Waals surface area (Å²) in [5.41, 5.74) is 2.52. The van der Waals surface area contributed by atoms with Gasteiger partial charge in [-0.25, -0.2) is 4.79 Å². The van der Waals surface area contributed by atoms with Crippen LogP contribution in [-0.2, 0) is 79.8 Å². The van der Waals surface area contributed by atoms with Gasteiger partial charge in [0.15, 0.2) is 0 Å². The standard InChI is InChI=1S/C105H150N14O17S2/c1-61(2)23-19-24-63(5)76-41-42-77-75-40-37-71-55-73(43-45-104(71,10)78(75)44-46-105(76,77)11)135-88(122)57-108-98(130)90(64(6)120)116-96(128)85-60-138-137-59-84(113-93(125)82(53-66-33-36-67-25-13-14-26-68(67)51-66)112-97(129)86-31-21-49-118(86)101(133)87-32-22-50-119(87)100(132)69-27-20-48-117(12)58-69)95(127)110-81(52-65-34-38-72(121)39-35-65)92(124)111-83(54-70-56-107-79-29-16-15-28-74(70)79)94(126)109-80(91(123)115-89(62(3)4)99(131)114-85)30-17-18-47-106-102(134)136-103(7,8)9/h13-16,25-26,28-29,33-39,51,56,61-64,69,73-87,89-90,107,120-121H,17-24,27,30-32,40-50,52-55,57-60H2,1-12H3,(H,106,134)(H,108,130)(H,109,126)(H,110,127)(H,111,124)(H,112,129)(H,113,125)(H,114,131)(H,115,123)(H,116,128)/p+1. The summed E-state index contributed by atoms with van der Waals surface area (Å²) in [6.07, 6.45) is 24.0. The first kappa shape index (κ1) is 105. The summed E-state index contributed by atoms with van der Waals surface area (Å²) in [5.74, 6) is -7.28. The van der Waals surface area contributed by atoms with Crippen molar-refractivity contribution < 1.29 is 86.9 Å². The Bertz CT molecular complexity index is 5000. The Morgan fingerprint density at radius 2 is 1.35 bits per heavy atom. The van der Waals surface area contributed by atoms with Crippen LogP contribution in [0, 0.1) is 64.1 Å². The second-order valence-corrected chi connectivity index (χ2v) is 45.5. The summed E-state index contributed by atoms with van der Waals surface area (Å²) in [6, 6.07) is 4.45. The van der Waals surface area contributed by atoms with Gasteiger partial charge < -0.3 is 92.9 Å². The lowest BCUT2D eigenvalue weighted by Gasteiger charge is -2.58. The number of aliphatic hydroxyl groups is 1. The number of nitrogens with zero attached hydrogens (tertiary/aromatic N) is 2. The van der Waals surface area contributed by atoms with E-state index in [9.17, 15) is 34.2 Å². The minimum atomic E-state index is -1.75. The molecule has 3 aromatic rings. The van der Waals surface area contributed by atoms with Crippen molar-refractivity contribution in [3.8, 4) is 5.75 Å². The number of esters is 1. The molecule has 3 aromatic carbocycles. The van der Waals surface area contributed by atoms with E-state index in [0.29, 0.717) is 103 Å². The largest absolute Gasteiger partial charge is 0.508 e. The molecule has 13 rings (SSSR count). The third kappa shape index (κ3) is 26.8. The molecule has 5 aliphatic carbocycles. The average Bonchev–Trinajstić information content (AvgIpc) is 1.59. The fourth-order valence-electron chi connectivity index (χ4n) is 23.6. The predicted octanol–water partition coefficient (Wildman–Crippen LogP) is 8.30. The molecular formula is C105H151N14O17S2+. The van der Waals surface area contributed by atoms with Crippen LogP contribution in [0.3, 0.4) is 0 Å². The number of hydrogen-bond donors (Lipinski definition) is 14. The molecule has 14 N–H and O–H groups in total. The number of aliphatic hydroxyl groups excluding tert-OH is 1. The van der Waals surface area contributed by atoms with Crippen molar-refractivity contribution in [2.45, 2.75) is 308 Å². The van der Waals surface area contributed by atoms with Crippen LogP contribution in [0.25, 0.3) is 10.8 Å². The molecule has 4 saturated heterocycles. The maximum Gasteiger partial charge on any atom is 0.407 e. The van der Waals surface area contributed by atoms with Gasteiger partial charge in [-0.05, 0) is 235 Å². The third-order valence-electron chi connectivity index (χ3n) is 31.1. The summed E-state index contributed by atoms with van der Waals surface area (Å²) in [5, 5.41) is 55.3. The van der Waals surface area contributed by atoms with Crippen molar-refractivity contribution in [1.29, 1.82) is 0 Å². The highest BCUT2D eigenvalue weighted by Crippen LogP contribution is 2.67. The lowest BCUT2D eigenvalue weighted by atomic mass is 9.47. The maximum atomic E-state index is 16.0. The summed E-state index contributed by atoms with van der Waals surface area (Å²) < 4.78 is 11.6. The lowest BCUT2D eigenvalue weighted by Crippen LogP contribution is -3.10. The molecule has 0 bridgehead atoms. The van der Waals surface area contributed by atoms with Gasteiger partial charge in [0, 0.05) is 56.3 Å². The van der Waals surface area contributed by atoms with Gasteiger partial charge in [-0.3, -0.25) is 57.5 Å². The molecule has 138 heavy (non-hydrogen) atoms. The second kappa shape index (κ2) is 47.5. The monoisotopic (exact) mass is 1940 g/mol. The zero-order chi connectivity index (χ0) is 99.0. The number of fused-ring (bicyclic) bond motifs is 7. The summed E-state index contributed by atoms with van der Waals surface area (Å²) in [6.45, 7) is 23.5. The van der Waals surface area contributed by atoms with Gasteiger partial charge in [-0.2, -0.15) is 0 Å². The number of hydrogen-bond acceptors (Lipinski definition) is 20. The van der Waals surface area contributed by atoms with E-state index in [0.717, 1.165) is 64.1 Å². The van der Waals surface area contributed by atoms with Gasteiger partial charge >= 0.3 is 12.1 Å². The summed E-state index contributed by atoms with van der Waals surface area (Å²) in [7, 11) is 3.95. The van der Waals surface area contributed by atoms with E-state index < -0.39 is 156 Å². The van der Waals surface area contributed by atoms with Crippen molar-refractivity contribution >= 4 is 109 Å². The highest BCUT2D eigenvalue weighted by molar-refractivity contribution is 8.76. The normalized spacial score (nSPS) is 30.1. The number of unbranched alkanes of at least 4 members (excludes halogenated alkanes) is 1. The van der Waals surface area contributed by atoms with Gasteiger partial charge in [0.2, 0.25) is 65.0 Å². The van der Waals surface area contributed by atoms with Gasteiger partial charge in [0.25, 0.3) is 0 Å². The van der Waals surface area contributed by atoms with E-state index in [-0.39, 0.29) is 110 Å². The van der Waals surface area contributed by atoms with E-state index in [1.54, 1.807) is 57.9 Å². The fourth-order valence-corrected chi connectivity index (χ4v) is 25.9. The molecule has 33 heteroatoms. The number of ether oxygens (including phenoxy) is 2. The van der Waals surface area contributed by atoms with Crippen molar-refractivity contribution in [2.75, 3.05) is 57.8 Å². The smallest absolute Gasteiger partial charge is 0.407 e. The van der Waals surface area contributed by atoms with E-state index >= 15 is 38.4 Å². The fraction of sp³-hybridized carbons (Fsp3) is 0.648. The highest BCUT2D eigenvalue weighted by Gasteiger charge is 2.60. The maximum absolute atomic E-state index is 16.0. The Morgan fingerprint density at radius 1 is 0.659 bits per heavy atom. The van der Waals surface area contributed by atoms with Crippen molar-refractivity contribution in [1.82, 2.24) is 68.3 Å². The number of piperidine rings is 1. The lowest BCUT2D eigenvalue weighted by molar-refractivity contribution is -0.887. The van der Waals surface area contributed by atoms with Crippen LogP contribution >= 0.6 is 21.6 Å². The summed E-state index contributed by atoms with van der Waals surface area (Å²) in [4.78, 5) is 200. The van der Waals surface area contributed by atoms with Crippen LogP contribution < -0.4 is 63.4 Å². The number of aromatic hydroxyl groups is 1. The first-order chi connectivity index (χ1) is 65.8. The molecule has 0 aromatic heterocycles. The van der Waals surface area contributed by atoms with Gasteiger partial charge in [0.05, 0.1) is 38.2 Å². The number of carbonyl (C=O) groups is 13. The molecule has 31 nitrogen and oxygen atoms in total. The topological polar surface area (TPSA) is 424 Å². The Balaban J connectivity index is 0.779. The molecule has 12 amide bonds. The van der Waals surface area contributed by atoms with Crippen LogP contribution in [0.1, 0.15) is 222 Å². The number of phenols is 1. The number of benzene rings is 3. The van der Waals surface area contributed by atoms with Crippen molar-refractivity contribution in [3.63, 3.8) is 0 Å². The average molecular weight is 1950 g/mol. The second-order valence-electron chi connectivity index (χ2n) is 43.0. The molecule has 754 valence electrons. The van der Waals surface area contributed by atoms with E-state index in [1.807, 2.05) is 66.8 Å². The Kier molecular flexibility index (Phi) is 36.3. The van der Waals surface area contributed by atoms with E-state index in [1.165, 1.54) is 79.4 Å². The van der Waals surface area contributed by atoms with Crippen LogP contribution in [0.5, 0.6) is 5.75 Å². The molecule has 5 heterocycles. The molecule has 0 spiro atoms. The Morgan fingerprint density at radius 3 is 2.07 bits per heavy atom. The van der Waals surface area contributed by atoms with Gasteiger partial charge in [-0.15, -0.1) is 0 Å². The first-order valence-corrected chi connectivity index (χ1v) is 53.3. The molecule has 10 aliphatic rings. The molecule has 23 unspecified atom stereocenters. The van der Waals surface area contributed by atoms with Gasteiger partial charge in [0.1, 0.15) is 84.4 Å². The number of phenolic OH excluding ortho intramolecular Hbond substituents is 1. The minimum absolute atomic E-state index is 0.0298.